The fourth-order valence-electron chi connectivity index (χ4n) is 3.47. The fraction of sp³-hybridized carbons (Fsp3) is 0.333. The third kappa shape index (κ3) is 3.92. The quantitative estimate of drug-likeness (QED) is 0.586. The molecular weight excluding hydrogens is 376 g/mol. The second-order valence-corrected chi connectivity index (χ2v) is 8.54. The summed E-state index contributed by atoms with van der Waals surface area (Å²) in [5.74, 6) is 1.11. The molecule has 0 radical (unpaired) electrons. The number of nitrogens with zero attached hydrogens (tertiary/aromatic N) is 2. The number of carbonyl (C=O) groups is 1. The van der Waals surface area contributed by atoms with Gasteiger partial charge >= 0.3 is 0 Å². The van der Waals surface area contributed by atoms with Gasteiger partial charge in [-0.1, -0.05) is 30.3 Å². The molecular formula is C21H22N2O2S2. The highest BCUT2D eigenvalue weighted by atomic mass is 32.1. The molecule has 6 heteroatoms. The Balaban J connectivity index is 1.59. The summed E-state index contributed by atoms with van der Waals surface area (Å²) in [6.45, 7) is 4.03. The van der Waals surface area contributed by atoms with E-state index in [9.17, 15) is 4.79 Å². The van der Waals surface area contributed by atoms with Crippen LogP contribution in [-0.2, 0) is 0 Å². The molecule has 27 heavy (non-hydrogen) atoms. The van der Waals surface area contributed by atoms with Crippen molar-refractivity contribution in [1.82, 2.24) is 9.88 Å². The molecule has 1 aliphatic rings. The predicted molar refractivity (Wildman–Crippen MR) is 111 cm³/mol. The largest absolute Gasteiger partial charge is 0.492 e. The van der Waals surface area contributed by atoms with E-state index in [-0.39, 0.29) is 5.91 Å². The second kappa shape index (κ2) is 8.23. The molecule has 1 amide bonds. The van der Waals surface area contributed by atoms with E-state index in [1.165, 1.54) is 11.3 Å². The fourth-order valence-corrected chi connectivity index (χ4v) is 5.32. The summed E-state index contributed by atoms with van der Waals surface area (Å²) in [5, 5.41) is 3.14. The van der Waals surface area contributed by atoms with Gasteiger partial charge < -0.3 is 9.64 Å². The number of thiophene rings is 1. The molecule has 1 unspecified atom stereocenters. The SMILES string of the molecule is CCOc1cc(-c2ccccc2)sc1C(=O)N1CCCC(c2nccs2)C1. The van der Waals surface area contributed by atoms with Crippen molar-refractivity contribution in [3.05, 3.63) is 57.9 Å². The molecule has 1 saturated heterocycles. The average molecular weight is 399 g/mol. The molecule has 1 aromatic carbocycles. The topological polar surface area (TPSA) is 42.4 Å². The van der Waals surface area contributed by atoms with Crippen molar-refractivity contribution in [2.45, 2.75) is 25.7 Å². The Bertz CT molecular complexity index is 890. The summed E-state index contributed by atoms with van der Waals surface area (Å²) in [5.41, 5.74) is 1.11. The van der Waals surface area contributed by atoms with Gasteiger partial charge in [0.1, 0.15) is 10.6 Å². The van der Waals surface area contributed by atoms with E-state index in [4.69, 9.17) is 4.74 Å². The van der Waals surface area contributed by atoms with Crippen LogP contribution >= 0.6 is 22.7 Å². The van der Waals surface area contributed by atoms with Crippen LogP contribution in [0.3, 0.4) is 0 Å². The Morgan fingerprint density at radius 2 is 2.19 bits per heavy atom. The molecule has 0 aliphatic carbocycles. The third-order valence-electron chi connectivity index (χ3n) is 4.76. The molecule has 140 valence electrons. The molecule has 0 N–H and O–H groups in total. The lowest BCUT2D eigenvalue weighted by Gasteiger charge is -2.31. The van der Waals surface area contributed by atoms with E-state index in [0.29, 0.717) is 23.2 Å². The molecule has 3 aromatic rings. The van der Waals surface area contributed by atoms with Gasteiger partial charge in [-0.2, -0.15) is 0 Å². The number of amides is 1. The Morgan fingerprint density at radius 1 is 1.33 bits per heavy atom. The predicted octanol–water partition coefficient (Wildman–Crippen LogP) is 5.29. The first-order valence-electron chi connectivity index (χ1n) is 9.27. The van der Waals surface area contributed by atoms with Crippen LogP contribution in [0, 0.1) is 0 Å². The van der Waals surface area contributed by atoms with Crippen LogP contribution in [0.5, 0.6) is 5.75 Å². The first-order valence-corrected chi connectivity index (χ1v) is 11.0. The molecule has 4 rings (SSSR count). The van der Waals surface area contributed by atoms with Gasteiger partial charge in [-0.25, -0.2) is 4.98 Å². The minimum absolute atomic E-state index is 0.0758. The van der Waals surface area contributed by atoms with Gasteiger partial charge in [-0.3, -0.25) is 4.79 Å². The zero-order valence-electron chi connectivity index (χ0n) is 15.3. The van der Waals surface area contributed by atoms with Gasteiger partial charge in [-0.15, -0.1) is 22.7 Å². The minimum Gasteiger partial charge on any atom is -0.492 e. The Labute approximate surface area is 167 Å². The lowest BCUT2D eigenvalue weighted by Crippen LogP contribution is -2.38. The van der Waals surface area contributed by atoms with E-state index in [1.54, 1.807) is 11.3 Å². The van der Waals surface area contributed by atoms with Crippen LogP contribution in [0.4, 0.5) is 0 Å². The van der Waals surface area contributed by atoms with Crippen LogP contribution in [0.1, 0.15) is 40.4 Å². The molecule has 1 aliphatic heterocycles. The second-order valence-electron chi connectivity index (χ2n) is 6.56. The zero-order chi connectivity index (χ0) is 18.6. The van der Waals surface area contributed by atoms with Crippen LogP contribution in [0.15, 0.2) is 48.0 Å². The van der Waals surface area contributed by atoms with Crippen LogP contribution in [0.2, 0.25) is 0 Å². The number of rotatable bonds is 5. The van der Waals surface area contributed by atoms with Crippen molar-refractivity contribution in [1.29, 1.82) is 0 Å². The molecule has 1 atom stereocenters. The maximum absolute atomic E-state index is 13.3. The van der Waals surface area contributed by atoms with E-state index in [1.807, 2.05) is 47.7 Å². The molecule has 2 aromatic heterocycles. The van der Waals surface area contributed by atoms with E-state index < -0.39 is 0 Å². The maximum Gasteiger partial charge on any atom is 0.267 e. The highest BCUT2D eigenvalue weighted by Crippen LogP contribution is 2.38. The third-order valence-corrected chi connectivity index (χ3v) is 6.85. The number of aromatic nitrogens is 1. The number of piperidine rings is 1. The van der Waals surface area contributed by atoms with Crippen molar-refractivity contribution in [2.24, 2.45) is 0 Å². The molecule has 3 heterocycles. The normalized spacial score (nSPS) is 17.1. The Hall–Kier alpha value is -2.18. The molecule has 0 spiro atoms. The molecule has 1 fully saturated rings. The highest BCUT2D eigenvalue weighted by molar-refractivity contribution is 7.17. The maximum atomic E-state index is 13.3. The van der Waals surface area contributed by atoms with Gasteiger partial charge in [0.05, 0.1) is 11.6 Å². The number of carbonyl (C=O) groups excluding carboxylic acids is 1. The lowest BCUT2D eigenvalue weighted by molar-refractivity contribution is 0.0708. The molecule has 4 nitrogen and oxygen atoms in total. The van der Waals surface area contributed by atoms with Crippen LogP contribution in [0.25, 0.3) is 10.4 Å². The van der Waals surface area contributed by atoms with Gasteiger partial charge in [0.2, 0.25) is 0 Å². The first-order chi connectivity index (χ1) is 13.3. The van der Waals surface area contributed by atoms with Crippen molar-refractivity contribution in [2.75, 3.05) is 19.7 Å². The van der Waals surface area contributed by atoms with Gasteiger partial charge in [0.25, 0.3) is 5.91 Å². The monoisotopic (exact) mass is 398 g/mol. The number of likely N-dealkylation sites (tertiary alicyclic amines) is 1. The number of ether oxygens (including phenoxy) is 1. The lowest BCUT2D eigenvalue weighted by atomic mass is 9.98. The van der Waals surface area contributed by atoms with E-state index in [2.05, 4.69) is 17.1 Å². The van der Waals surface area contributed by atoms with Crippen molar-refractivity contribution in [3.8, 4) is 16.2 Å². The van der Waals surface area contributed by atoms with Gasteiger partial charge in [-0.05, 0) is 31.4 Å². The number of hydrogen-bond donors (Lipinski definition) is 0. The standard InChI is InChI=1S/C21H22N2O2S2/c1-2-25-17-13-18(15-7-4-3-5-8-15)27-19(17)21(24)23-11-6-9-16(14-23)20-22-10-12-26-20/h3-5,7-8,10,12-13,16H,2,6,9,11,14H2,1H3. The number of benzene rings is 1. The van der Waals surface area contributed by atoms with Gasteiger partial charge in [0.15, 0.2) is 0 Å². The summed E-state index contributed by atoms with van der Waals surface area (Å²) >= 11 is 3.20. The van der Waals surface area contributed by atoms with Gasteiger partial charge in [0, 0.05) is 35.5 Å². The van der Waals surface area contributed by atoms with Crippen molar-refractivity contribution in [3.63, 3.8) is 0 Å². The van der Waals surface area contributed by atoms with Crippen LogP contribution in [-0.4, -0.2) is 35.5 Å². The van der Waals surface area contributed by atoms with E-state index >= 15 is 0 Å². The smallest absolute Gasteiger partial charge is 0.267 e. The highest BCUT2D eigenvalue weighted by Gasteiger charge is 2.29. The van der Waals surface area contributed by atoms with Crippen molar-refractivity contribution >= 4 is 28.6 Å². The summed E-state index contributed by atoms with van der Waals surface area (Å²) < 4.78 is 5.80. The minimum atomic E-state index is 0.0758. The summed E-state index contributed by atoms with van der Waals surface area (Å²) in [4.78, 5) is 21.5. The van der Waals surface area contributed by atoms with Crippen LogP contribution < -0.4 is 4.74 Å². The van der Waals surface area contributed by atoms with E-state index in [0.717, 1.165) is 41.4 Å². The zero-order valence-corrected chi connectivity index (χ0v) is 16.9. The Kier molecular flexibility index (Phi) is 5.55. The molecule has 0 saturated carbocycles. The number of hydrogen-bond acceptors (Lipinski definition) is 5. The average Bonchev–Trinajstić information content (AvgIpc) is 3.39. The molecule has 0 bridgehead atoms. The summed E-state index contributed by atoms with van der Waals surface area (Å²) in [6, 6.07) is 12.2. The Morgan fingerprint density at radius 3 is 2.93 bits per heavy atom. The van der Waals surface area contributed by atoms with Crippen molar-refractivity contribution < 1.29 is 9.53 Å². The summed E-state index contributed by atoms with van der Waals surface area (Å²) in [7, 11) is 0. The summed E-state index contributed by atoms with van der Waals surface area (Å²) in [6.07, 6.45) is 3.95. The number of thiazole rings is 1. The first kappa shape index (κ1) is 18.2.